The summed E-state index contributed by atoms with van der Waals surface area (Å²) in [6, 6.07) is 0. The maximum Gasteiger partial charge on any atom is 0.309 e. The van der Waals surface area contributed by atoms with Gasteiger partial charge in [-0.05, 0) is 25.7 Å². The van der Waals surface area contributed by atoms with E-state index in [2.05, 4.69) is 6.92 Å². The number of fused-ring (bicyclic) bond motifs is 1. The molecule has 1 saturated carbocycles. The number of ether oxygens (including phenoxy) is 1. The zero-order valence-corrected chi connectivity index (χ0v) is 6.88. The molecule has 0 bridgehead atoms. The van der Waals surface area contributed by atoms with Gasteiger partial charge in [0.15, 0.2) is 0 Å². The van der Waals surface area contributed by atoms with Gasteiger partial charge in [0.2, 0.25) is 0 Å². The monoisotopic (exact) mass is 154 g/mol. The first-order chi connectivity index (χ1) is 5.33. The summed E-state index contributed by atoms with van der Waals surface area (Å²) >= 11 is 0. The Hall–Kier alpha value is -0.530. The van der Waals surface area contributed by atoms with Crippen molar-refractivity contribution in [3.8, 4) is 0 Å². The van der Waals surface area contributed by atoms with E-state index >= 15 is 0 Å². The fraction of sp³-hybridized carbons (Fsp3) is 0.889. The molecule has 1 aliphatic carbocycles. The molecule has 1 aliphatic heterocycles. The first-order valence-corrected chi connectivity index (χ1v) is 4.53. The minimum Gasteiger partial charge on any atom is -0.462 e. The van der Waals surface area contributed by atoms with Gasteiger partial charge in [-0.25, -0.2) is 0 Å². The first kappa shape index (κ1) is 7.14. The van der Waals surface area contributed by atoms with Gasteiger partial charge in [0.25, 0.3) is 0 Å². The third-order valence-electron chi connectivity index (χ3n) is 3.03. The van der Waals surface area contributed by atoms with E-state index in [1.165, 1.54) is 12.8 Å². The van der Waals surface area contributed by atoms with E-state index in [4.69, 9.17) is 4.74 Å². The van der Waals surface area contributed by atoms with Crippen LogP contribution in [0.15, 0.2) is 0 Å². The SMILES string of the molecule is CC[C@H]1C(=O)OC2CCC[C@H]21. The number of carbonyl (C=O) groups excluding carboxylic acids is 1. The Morgan fingerprint density at radius 2 is 2.36 bits per heavy atom. The quantitative estimate of drug-likeness (QED) is 0.538. The highest BCUT2D eigenvalue weighted by atomic mass is 16.6. The van der Waals surface area contributed by atoms with Crippen molar-refractivity contribution in [1.82, 2.24) is 0 Å². The van der Waals surface area contributed by atoms with Crippen molar-refractivity contribution in [2.75, 3.05) is 0 Å². The zero-order valence-electron chi connectivity index (χ0n) is 6.88. The van der Waals surface area contributed by atoms with E-state index in [1.807, 2.05) is 0 Å². The van der Waals surface area contributed by atoms with Gasteiger partial charge in [0.1, 0.15) is 6.10 Å². The van der Waals surface area contributed by atoms with Crippen molar-refractivity contribution in [3.05, 3.63) is 0 Å². The molecule has 1 unspecified atom stereocenters. The summed E-state index contributed by atoms with van der Waals surface area (Å²) in [6.45, 7) is 2.08. The lowest BCUT2D eigenvalue weighted by molar-refractivity contribution is -0.144. The van der Waals surface area contributed by atoms with Crippen LogP contribution in [0.1, 0.15) is 32.6 Å². The van der Waals surface area contributed by atoms with Crippen LogP contribution >= 0.6 is 0 Å². The lowest BCUT2D eigenvalue weighted by Crippen LogP contribution is -2.14. The van der Waals surface area contributed by atoms with Gasteiger partial charge >= 0.3 is 5.97 Å². The second kappa shape index (κ2) is 2.50. The highest BCUT2D eigenvalue weighted by molar-refractivity contribution is 5.75. The minimum atomic E-state index is 0.0576. The number of esters is 1. The molecule has 0 radical (unpaired) electrons. The lowest BCUT2D eigenvalue weighted by Gasteiger charge is -2.09. The van der Waals surface area contributed by atoms with Crippen molar-refractivity contribution in [3.63, 3.8) is 0 Å². The van der Waals surface area contributed by atoms with Gasteiger partial charge in [-0.2, -0.15) is 0 Å². The van der Waals surface area contributed by atoms with Crippen LogP contribution in [0, 0.1) is 11.8 Å². The molecule has 62 valence electrons. The predicted octanol–water partition coefficient (Wildman–Crippen LogP) is 1.74. The highest BCUT2D eigenvalue weighted by Crippen LogP contribution is 2.41. The summed E-state index contributed by atoms with van der Waals surface area (Å²) in [5.41, 5.74) is 0. The van der Waals surface area contributed by atoms with Gasteiger partial charge < -0.3 is 4.74 Å². The number of carbonyl (C=O) groups is 1. The second-order valence-corrected chi connectivity index (χ2v) is 3.58. The Morgan fingerprint density at radius 3 is 3.09 bits per heavy atom. The van der Waals surface area contributed by atoms with E-state index < -0.39 is 0 Å². The molecule has 2 heteroatoms. The van der Waals surface area contributed by atoms with Gasteiger partial charge in [0, 0.05) is 5.92 Å². The standard InChI is InChI=1S/C9H14O2/c1-2-6-7-4-3-5-8(7)11-9(6)10/h6-8H,2-5H2,1H3/t6-,7+,8?/m1/s1. The van der Waals surface area contributed by atoms with E-state index in [0.717, 1.165) is 12.8 Å². The molecule has 0 aromatic rings. The summed E-state index contributed by atoms with van der Waals surface area (Å²) in [6.07, 6.45) is 4.80. The van der Waals surface area contributed by atoms with Gasteiger partial charge in [-0.15, -0.1) is 0 Å². The summed E-state index contributed by atoms with van der Waals surface area (Å²) in [5.74, 6) is 0.845. The molecule has 0 amide bonds. The summed E-state index contributed by atoms with van der Waals surface area (Å²) in [4.78, 5) is 11.2. The van der Waals surface area contributed by atoms with Crippen LogP contribution in [0.4, 0.5) is 0 Å². The van der Waals surface area contributed by atoms with Crippen LogP contribution in [0.25, 0.3) is 0 Å². The summed E-state index contributed by atoms with van der Waals surface area (Å²) < 4.78 is 5.25. The van der Waals surface area contributed by atoms with Crippen LogP contribution in [0.5, 0.6) is 0 Å². The molecule has 2 fully saturated rings. The van der Waals surface area contributed by atoms with Crippen molar-refractivity contribution < 1.29 is 9.53 Å². The molecule has 0 aromatic heterocycles. The van der Waals surface area contributed by atoms with Gasteiger partial charge in [0.05, 0.1) is 5.92 Å². The Morgan fingerprint density at radius 1 is 1.55 bits per heavy atom. The Labute approximate surface area is 66.9 Å². The Kier molecular flexibility index (Phi) is 1.63. The fourth-order valence-electron chi connectivity index (χ4n) is 2.44. The summed E-state index contributed by atoms with van der Waals surface area (Å²) in [5, 5.41) is 0. The van der Waals surface area contributed by atoms with E-state index in [0.29, 0.717) is 5.92 Å². The normalized spacial score (nSPS) is 42.3. The predicted molar refractivity (Wildman–Crippen MR) is 41.0 cm³/mol. The average molecular weight is 154 g/mol. The Balaban J connectivity index is 2.13. The third-order valence-corrected chi connectivity index (χ3v) is 3.03. The van der Waals surface area contributed by atoms with Crippen LogP contribution in [-0.2, 0) is 9.53 Å². The lowest BCUT2D eigenvalue weighted by atomic mass is 9.90. The van der Waals surface area contributed by atoms with Crippen LogP contribution in [0.2, 0.25) is 0 Å². The second-order valence-electron chi connectivity index (χ2n) is 3.58. The summed E-state index contributed by atoms with van der Waals surface area (Å²) in [7, 11) is 0. The number of rotatable bonds is 1. The zero-order chi connectivity index (χ0) is 7.84. The Bertz CT molecular complexity index is 176. The van der Waals surface area contributed by atoms with Crippen molar-refractivity contribution in [1.29, 1.82) is 0 Å². The molecule has 0 N–H and O–H groups in total. The van der Waals surface area contributed by atoms with Gasteiger partial charge in [-0.1, -0.05) is 6.92 Å². The first-order valence-electron chi connectivity index (χ1n) is 4.53. The van der Waals surface area contributed by atoms with E-state index in [1.54, 1.807) is 0 Å². The maximum atomic E-state index is 11.2. The molecule has 1 heterocycles. The molecule has 0 aromatic carbocycles. The molecule has 2 rings (SSSR count). The maximum absolute atomic E-state index is 11.2. The van der Waals surface area contributed by atoms with Crippen molar-refractivity contribution in [2.24, 2.45) is 11.8 Å². The van der Waals surface area contributed by atoms with E-state index in [9.17, 15) is 4.79 Å². The largest absolute Gasteiger partial charge is 0.462 e. The average Bonchev–Trinajstić information content (AvgIpc) is 2.46. The van der Waals surface area contributed by atoms with Crippen LogP contribution in [0.3, 0.4) is 0 Å². The van der Waals surface area contributed by atoms with Crippen molar-refractivity contribution in [2.45, 2.75) is 38.7 Å². The molecule has 0 spiro atoms. The molecule has 3 atom stereocenters. The van der Waals surface area contributed by atoms with Gasteiger partial charge in [-0.3, -0.25) is 4.79 Å². The fourth-order valence-corrected chi connectivity index (χ4v) is 2.44. The smallest absolute Gasteiger partial charge is 0.309 e. The molecule has 2 nitrogen and oxygen atoms in total. The van der Waals surface area contributed by atoms with Crippen molar-refractivity contribution >= 4 is 5.97 Å². The molecule has 1 saturated heterocycles. The molecular formula is C9H14O2. The highest BCUT2D eigenvalue weighted by Gasteiger charge is 2.45. The molecular weight excluding hydrogens is 140 g/mol. The third kappa shape index (κ3) is 0.959. The molecule has 2 aliphatic rings. The number of hydrogen-bond acceptors (Lipinski definition) is 2. The molecule has 11 heavy (non-hydrogen) atoms. The topological polar surface area (TPSA) is 26.3 Å². The number of hydrogen-bond donors (Lipinski definition) is 0. The van der Waals surface area contributed by atoms with Crippen LogP contribution in [-0.4, -0.2) is 12.1 Å². The minimum absolute atomic E-state index is 0.0576. The van der Waals surface area contributed by atoms with Crippen LogP contribution < -0.4 is 0 Å². The van der Waals surface area contributed by atoms with E-state index in [-0.39, 0.29) is 18.0 Å².